The van der Waals surface area contributed by atoms with Gasteiger partial charge in [0.1, 0.15) is 0 Å². The molecule has 0 saturated carbocycles. The molecule has 0 radical (unpaired) electrons. The Labute approximate surface area is 93.5 Å². The zero-order valence-corrected chi connectivity index (χ0v) is 8.72. The number of hydrogen-bond acceptors (Lipinski definition) is 2. The number of rotatable bonds is 0. The van der Waals surface area contributed by atoms with Gasteiger partial charge in [-0.25, -0.2) is 0 Å². The van der Waals surface area contributed by atoms with Gasteiger partial charge < -0.3 is 10.2 Å². The highest BCUT2D eigenvalue weighted by Crippen LogP contribution is 2.36. The molecular weight excluding hydrogens is 200 g/mol. The largest absolute Gasteiger partial charge is 0.362 e. The van der Waals surface area contributed by atoms with Crippen molar-refractivity contribution in [1.82, 2.24) is 0 Å². The van der Waals surface area contributed by atoms with Gasteiger partial charge in [-0.15, -0.1) is 0 Å². The van der Waals surface area contributed by atoms with Crippen LogP contribution >= 0.6 is 0 Å². The molecule has 80 valence electrons. The number of fused-ring (bicyclic) bond motifs is 3. The summed E-state index contributed by atoms with van der Waals surface area (Å²) in [5, 5.41) is 22.0. The van der Waals surface area contributed by atoms with Gasteiger partial charge in [0.15, 0.2) is 5.79 Å². The van der Waals surface area contributed by atoms with Crippen molar-refractivity contribution in [3.8, 4) is 0 Å². The molecule has 1 aliphatic rings. The van der Waals surface area contributed by atoms with Crippen molar-refractivity contribution in [2.24, 2.45) is 0 Å². The Kier molecular flexibility index (Phi) is 1.90. The smallest absolute Gasteiger partial charge is 0.194 e. The molecule has 16 heavy (non-hydrogen) atoms. The van der Waals surface area contributed by atoms with Gasteiger partial charge in [-0.2, -0.15) is 0 Å². The van der Waals surface area contributed by atoms with Crippen LogP contribution in [0.4, 0.5) is 0 Å². The summed E-state index contributed by atoms with van der Waals surface area (Å²) in [6.45, 7) is 0. The predicted octanol–water partition coefficient (Wildman–Crippen LogP) is 2.39. The van der Waals surface area contributed by atoms with Crippen LogP contribution in [0.3, 0.4) is 0 Å². The molecule has 1 aliphatic carbocycles. The van der Waals surface area contributed by atoms with Crippen molar-refractivity contribution in [2.75, 3.05) is 0 Å². The van der Waals surface area contributed by atoms with Crippen LogP contribution < -0.4 is 0 Å². The minimum Gasteiger partial charge on any atom is -0.362 e. The summed E-state index contributed by atoms with van der Waals surface area (Å²) in [6.07, 6.45) is 3.97. The molecule has 2 N–H and O–H groups in total. The van der Waals surface area contributed by atoms with Gasteiger partial charge >= 0.3 is 0 Å². The molecule has 0 aliphatic heterocycles. The van der Waals surface area contributed by atoms with Crippen LogP contribution in [-0.2, 0) is 5.79 Å². The van der Waals surface area contributed by atoms with Crippen LogP contribution in [-0.4, -0.2) is 10.2 Å². The van der Waals surface area contributed by atoms with Crippen LogP contribution in [0, 0.1) is 0 Å². The lowest BCUT2D eigenvalue weighted by Gasteiger charge is -2.27. The first-order valence-corrected chi connectivity index (χ1v) is 5.32. The molecule has 0 spiro atoms. The maximum Gasteiger partial charge on any atom is 0.194 e. The summed E-state index contributed by atoms with van der Waals surface area (Å²) >= 11 is 0. The molecule has 0 unspecified atom stereocenters. The highest BCUT2D eigenvalue weighted by atomic mass is 16.5. The molecule has 2 aromatic carbocycles. The molecule has 0 heterocycles. The Hall–Kier alpha value is -1.64. The van der Waals surface area contributed by atoms with E-state index in [1.54, 1.807) is 6.08 Å². The molecule has 2 heteroatoms. The summed E-state index contributed by atoms with van der Waals surface area (Å²) in [5.74, 6) is -1.75. The monoisotopic (exact) mass is 212 g/mol. The standard InChI is InChI=1S/C14H12O2/c15-14(16)9-3-5-11-8-7-10-4-1-2-6-12(10)13(11)14/h1-8,15-16H,9H2. The van der Waals surface area contributed by atoms with E-state index in [1.807, 2.05) is 42.5 Å². The third-order valence-corrected chi connectivity index (χ3v) is 3.06. The molecule has 0 saturated heterocycles. The van der Waals surface area contributed by atoms with Gasteiger partial charge in [0, 0.05) is 12.0 Å². The topological polar surface area (TPSA) is 40.5 Å². The summed E-state index contributed by atoms with van der Waals surface area (Å²) in [6, 6.07) is 11.7. The second-order valence-electron chi connectivity index (χ2n) is 4.17. The number of benzene rings is 2. The summed E-state index contributed by atoms with van der Waals surface area (Å²) in [7, 11) is 0. The molecular formula is C14H12O2. The van der Waals surface area contributed by atoms with Crippen LogP contribution in [0.25, 0.3) is 16.8 Å². The van der Waals surface area contributed by atoms with Crippen molar-refractivity contribution >= 4 is 16.8 Å². The highest BCUT2D eigenvalue weighted by molar-refractivity contribution is 5.90. The van der Waals surface area contributed by atoms with Crippen molar-refractivity contribution in [3.05, 3.63) is 53.6 Å². The van der Waals surface area contributed by atoms with E-state index in [-0.39, 0.29) is 6.42 Å². The average Bonchev–Trinajstić information content (AvgIpc) is 2.28. The summed E-state index contributed by atoms with van der Waals surface area (Å²) < 4.78 is 0. The van der Waals surface area contributed by atoms with Crippen molar-refractivity contribution in [2.45, 2.75) is 12.2 Å². The fourth-order valence-electron chi connectivity index (χ4n) is 2.33. The summed E-state index contributed by atoms with van der Waals surface area (Å²) in [4.78, 5) is 0. The Morgan fingerprint density at radius 1 is 1.00 bits per heavy atom. The maximum atomic E-state index is 10.0. The lowest BCUT2D eigenvalue weighted by atomic mass is 9.87. The first-order valence-electron chi connectivity index (χ1n) is 5.32. The van der Waals surface area contributed by atoms with Gasteiger partial charge in [0.25, 0.3) is 0 Å². The lowest BCUT2D eigenvalue weighted by Crippen LogP contribution is -2.27. The van der Waals surface area contributed by atoms with Crippen LogP contribution in [0.2, 0.25) is 0 Å². The number of hydrogen-bond donors (Lipinski definition) is 2. The Balaban J connectivity index is 2.45. The fourth-order valence-corrected chi connectivity index (χ4v) is 2.33. The van der Waals surface area contributed by atoms with E-state index in [0.29, 0.717) is 5.56 Å². The van der Waals surface area contributed by atoms with Gasteiger partial charge in [-0.05, 0) is 16.3 Å². The minimum atomic E-state index is -1.75. The molecule has 0 amide bonds. The van der Waals surface area contributed by atoms with Crippen molar-refractivity contribution in [1.29, 1.82) is 0 Å². The SMILES string of the molecule is OC1(O)CC=Cc2ccc3ccccc3c21. The Bertz CT molecular complexity index is 582. The van der Waals surface area contributed by atoms with Crippen molar-refractivity contribution in [3.63, 3.8) is 0 Å². The van der Waals surface area contributed by atoms with Crippen molar-refractivity contribution < 1.29 is 10.2 Å². The zero-order valence-electron chi connectivity index (χ0n) is 8.72. The molecule has 3 rings (SSSR count). The third kappa shape index (κ3) is 1.28. The van der Waals surface area contributed by atoms with Gasteiger partial charge in [0.2, 0.25) is 0 Å². The van der Waals surface area contributed by atoms with Crippen LogP contribution in [0.15, 0.2) is 42.5 Å². The van der Waals surface area contributed by atoms with E-state index >= 15 is 0 Å². The molecule has 0 aromatic heterocycles. The zero-order chi connectivity index (χ0) is 11.2. The predicted molar refractivity (Wildman–Crippen MR) is 63.7 cm³/mol. The maximum absolute atomic E-state index is 10.0. The average molecular weight is 212 g/mol. The third-order valence-electron chi connectivity index (χ3n) is 3.06. The van der Waals surface area contributed by atoms with E-state index in [4.69, 9.17) is 0 Å². The molecule has 0 fully saturated rings. The van der Waals surface area contributed by atoms with E-state index < -0.39 is 5.79 Å². The van der Waals surface area contributed by atoms with E-state index in [0.717, 1.165) is 16.3 Å². The quantitative estimate of drug-likeness (QED) is 0.658. The van der Waals surface area contributed by atoms with Gasteiger partial charge in [-0.1, -0.05) is 48.6 Å². The van der Waals surface area contributed by atoms with E-state index in [1.165, 1.54) is 0 Å². The molecule has 0 atom stereocenters. The lowest BCUT2D eigenvalue weighted by molar-refractivity contribution is -0.165. The minimum absolute atomic E-state index is 0.244. The van der Waals surface area contributed by atoms with Crippen LogP contribution in [0.5, 0.6) is 0 Å². The van der Waals surface area contributed by atoms with Crippen LogP contribution in [0.1, 0.15) is 17.5 Å². The fraction of sp³-hybridized carbons (Fsp3) is 0.143. The van der Waals surface area contributed by atoms with Gasteiger partial charge in [-0.3, -0.25) is 0 Å². The highest BCUT2D eigenvalue weighted by Gasteiger charge is 2.30. The first-order chi connectivity index (χ1) is 7.68. The normalized spacial score (nSPS) is 17.4. The van der Waals surface area contributed by atoms with E-state index in [9.17, 15) is 10.2 Å². The molecule has 0 bridgehead atoms. The van der Waals surface area contributed by atoms with Gasteiger partial charge in [0.05, 0.1) is 0 Å². The molecule has 2 nitrogen and oxygen atoms in total. The Morgan fingerprint density at radius 3 is 2.69 bits per heavy atom. The first kappa shape index (κ1) is 9.58. The second-order valence-corrected chi connectivity index (χ2v) is 4.17. The molecule has 2 aromatic rings. The summed E-state index contributed by atoms with van der Waals surface area (Å²) in [5.41, 5.74) is 1.50. The van der Waals surface area contributed by atoms with E-state index in [2.05, 4.69) is 0 Å². The number of aliphatic hydroxyl groups is 2. The second kappa shape index (κ2) is 3.17. The Morgan fingerprint density at radius 2 is 1.81 bits per heavy atom.